The van der Waals surface area contributed by atoms with E-state index < -0.39 is 0 Å². The van der Waals surface area contributed by atoms with Crippen molar-refractivity contribution in [3.63, 3.8) is 0 Å². The van der Waals surface area contributed by atoms with E-state index in [2.05, 4.69) is 33.2 Å². The molecule has 0 radical (unpaired) electrons. The molecule has 11 heavy (non-hydrogen) atoms. The first-order chi connectivity index (χ1) is 5.24. The Morgan fingerprint density at radius 1 is 1.73 bits per heavy atom. The molecule has 1 aliphatic rings. The summed E-state index contributed by atoms with van der Waals surface area (Å²) in [6, 6.07) is 0. The highest BCUT2D eigenvalue weighted by molar-refractivity contribution is 9.11. The number of aliphatic hydroxyl groups excluding tert-OH is 1. The molecule has 0 fully saturated rings. The van der Waals surface area contributed by atoms with Crippen LogP contribution in [0.15, 0.2) is 15.4 Å². The van der Waals surface area contributed by atoms with Crippen molar-refractivity contribution >= 4 is 21.8 Å². The molecule has 0 amide bonds. The van der Waals surface area contributed by atoms with Crippen LogP contribution in [0.4, 0.5) is 0 Å². The van der Waals surface area contributed by atoms with Gasteiger partial charge in [0, 0.05) is 6.42 Å². The second-order valence-corrected chi connectivity index (χ2v) is 3.35. The van der Waals surface area contributed by atoms with Crippen LogP contribution in [0.25, 0.3) is 0 Å². The zero-order chi connectivity index (χ0) is 8.27. The number of nitrogens with zero attached hydrogens (tertiary/aromatic N) is 1. The fourth-order valence-corrected chi connectivity index (χ4v) is 1.09. The van der Waals surface area contributed by atoms with Gasteiger partial charge in [0.15, 0.2) is 0 Å². The van der Waals surface area contributed by atoms with E-state index in [1.165, 1.54) is 0 Å². The van der Waals surface area contributed by atoms with Gasteiger partial charge in [-0.05, 0) is 22.4 Å². The first-order valence-corrected chi connectivity index (χ1v) is 4.41. The minimum Gasteiger partial charge on any atom is -0.494 e. The zero-order valence-electron chi connectivity index (χ0n) is 6.39. The summed E-state index contributed by atoms with van der Waals surface area (Å²) in [4.78, 5) is 4.19. The van der Waals surface area contributed by atoms with Crippen LogP contribution in [-0.2, 0) is 0 Å². The molecule has 3 nitrogen and oxygen atoms in total. The van der Waals surface area contributed by atoms with Gasteiger partial charge < -0.3 is 10.4 Å². The zero-order valence-corrected chi connectivity index (χ0v) is 7.98. The van der Waals surface area contributed by atoms with Crippen LogP contribution in [0.1, 0.15) is 19.8 Å². The molecule has 62 valence electrons. The Balaban J connectivity index is 2.52. The highest BCUT2D eigenvalue weighted by Crippen LogP contribution is 2.12. The van der Waals surface area contributed by atoms with E-state index in [4.69, 9.17) is 0 Å². The Bertz CT molecular complexity index is 210. The molecule has 0 aromatic rings. The molecule has 1 heterocycles. The Labute approximate surface area is 74.3 Å². The molecule has 0 spiro atoms. The number of halogens is 1. The molecular weight excluding hydrogens is 208 g/mol. The van der Waals surface area contributed by atoms with E-state index in [-0.39, 0.29) is 5.88 Å². The van der Waals surface area contributed by atoms with E-state index >= 15 is 0 Å². The van der Waals surface area contributed by atoms with E-state index in [0.717, 1.165) is 23.2 Å². The second kappa shape index (κ2) is 3.76. The van der Waals surface area contributed by atoms with Crippen LogP contribution in [0.5, 0.6) is 0 Å². The van der Waals surface area contributed by atoms with Gasteiger partial charge in [-0.2, -0.15) is 0 Å². The SMILES string of the molecule is CCCC1=NCC(Br)=C(O)N1. The topological polar surface area (TPSA) is 44.6 Å². The van der Waals surface area contributed by atoms with Gasteiger partial charge in [-0.25, -0.2) is 0 Å². The van der Waals surface area contributed by atoms with E-state index in [1.54, 1.807) is 0 Å². The number of aliphatic hydroxyl groups is 1. The van der Waals surface area contributed by atoms with Crippen molar-refractivity contribution < 1.29 is 5.11 Å². The molecule has 2 N–H and O–H groups in total. The first kappa shape index (κ1) is 8.59. The molecule has 1 aliphatic heterocycles. The van der Waals surface area contributed by atoms with E-state index in [1.807, 2.05) is 0 Å². The minimum absolute atomic E-state index is 0.198. The summed E-state index contributed by atoms with van der Waals surface area (Å²) in [7, 11) is 0. The molecule has 4 heteroatoms. The lowest BCUT2D eigenvalue weighted by molar-refractivity contribution is 0.381. The summed E-state index contributed by atoms with van der Waals surface area (Å²) in [6.45, 7) is 2.63. The third-order valence-electron chi connectivity index (χ3n) is 1.42. The summed E-state index contributed by atoms with van der Waals surface area (Å²) >= 11 is 3.19. The molecule has 1 rings (SSSR count). The van der Waals surface area contributed by atoms with Gasteiger partial charge in [0.1, 0.15) is 5.84 Å². The maximum absolute atomic E-state index is 9.22. The Kier molecular flexibility index (Phi) is 2.93. The molecular formula is C7H11BrN2O. The van der Waals surface area contributed by atoms with Gasteiger partial charge >= 0.3 is 0 Å². The van der Waals surface area contributed by atoms with Gasteiger partial charge in [0.2, 0.25) is 5.88 Å². The van der Waals surface area contributed by atoms with Gasteiger partial charge in [0.05, 0.1) is 11.0 Å². The molecule has 0 saturated carbocycles. The van der Waals surface area contributed by atoms with Crippen LogP contribution >= 0.6 is 15.9 Å². The molecule has 0 saturated heterocycles. The van der Waals surface area contributed by atoms with E-state index in [0.29, 0.717) is 6.54 Å². The van der Waals surface area contributed by atoms with Crippen molar-refractivity contribution in [2.24, 2.45) is 4.99 Å². The van der Waals surface area contributed by atoms with Crippen molar-refractivity contribution in [1.29, 1.82) is 0 Å². The molecule has 0 aliphatic carbocycles. The van der Waals surface area contributed by atoms with Gasteiger partial charge in [-0.15, -0.1) is 0 Å². The summed E-state index contributed by atoms with van der Waals surface area (Å²) in [6.07, 6.45) is 1.93. The lowest BCUT2D eigenvalue weighted by Crippen LogP contribution is -2.27. The number of rotatable bonds is 2. The summed E-state index contributed by atoms with van der Waals surface area (Å²) in [5.74, 6) is 1.07. The smallest absolute Gasteiger partial charge is 0.201 e. The number of nitrogens with one attached hydrogen (secondary N) is 1. The Morgan fingerprint density at radius 2 is 2.45 bits per heavy atom. The maximum Gasteiger partial charge on any atom is 0.201 e. The predicted octanol–water partition coefficient (Wildman–Crippen LogP) is 1.91. The third-order valence-corrected chi connectivity index (χ3v) is 2.04. The Hall–Kier alpha value is -0.510. The molecule has 0 atom stereocenters. The van der Waals surface area contributed by atoms with Crippen LogP contribution in [-0.4, -0.2) is 17.5 Å². The van der Waals surface area contributed by atoms with Gasteiger partial charge in [-0.3, -0.25) is 4.99 Å². The van der Waals surface area contributed by atoms with Gasteiger partial charge in [0.25, 0.3) is 0 Å². The van der Waals surface area contributed by atoms with Crippen LogP contribution < -0.4 is 5.32 Å². The Morgan fingerprint density at radius 3 is 3.00 bits per heavy atom. The number of aliphatic imine (C=N–C) groups is 1. The largest absolute Gasteiger partial charge is 0.494 e. The lowest BCUT2D eigenvalue weighted by atomic mass is 10.3. The predicted molar refractivity (Wildman–Crippen MR) is 48.9 cm³/mol. The number of hydrogen-bond acceptors (Lipinski definition) is 3. The van der Waals surface area contributed by atoms with Crippen molar-refractivity contribution in [2.45, 2.75) is 19.8 Å². The maximum atomic E-state index is 9.22. The second-order valence-electron chi connectivity index (χ2n) is 2.39. The summed E-state index contributed by atoms with van der Waals surface area (Å²) in [5, 5.41) is 12.0. The summed E-state index contributed by atoms with van der Waals surface area (Å²) < 4.78 is 0.720. The van der Waals surface area contributed by atoms with Crippen LogP contribution in [0.3, 0.4) is 0 Å². The first-order valence-electron chi connectivity index (χ1n) is 3.62. The van der Waals surface area contributed by atoms with Crippen molar-refractivity contribution in [1.82, 2.24) is 5.32 Å². The van der Waals surface area contributed by atoms with Gasteiger partial charge in [-0.1, -0.05) is 6.92 Å². The highest BCUT2D eigenvalue weighted by atomic mass is 79.9. The monoisotopic (exact) mass is 218 g/mol. The molecule has 0 bridgehead atoms. The lowest BCUT2D eigenvalue weighted by Gasteiger charge is -2.14. The number of hydrogen-bond donors (Lipinski definition) is 2. The minimum atomic E-state index is 0.198. The molecule has 0 unspecified atom stereocenters. The summed E-state index contributed by atoms with van der Waals surface area (Å²) in [5.41, 5.74) is 0. The average Bonchev–Trinajstić information content (AvgIpc) is 1.98. The molecule has 0 aromatic carbocycles. The number of amidine groups is 1. The fraction of sp³-hybridized carbons (Fsp3) is 0.571. The molecule has 0 aromatic heterocycles. The van der Waals surface area contributed by atoms with Crippen molar-refractivity contribution in [2.75, 3.05) is 6.54 Å². The normalized spacial score (nSPS) is 17.8. The van der Waals surface area contributed by atoms with E-state index in [9.17, 15) is 5.11 Å². The average molecular weight is 219 g/mol. The van der Waals surface area contributed by atoms with Crippen molar-refractivity contribution in [3.05, 3.63) is 10.4 Å². The highest BCUT2D eigenvalue weighted by Gasteiger charge is 2.10. The third kappa shape index (κ3) is 2.22. The fourth-order valence-electron chi connectivity index (χ4n) is 0.862. The van der Waals surface area contributed by atoms with Crippen molar-refractivity contribution in [3.8, 4) is 0 Å². The van der Waals surface area contributed by atoms with Crippen LogP contribution in [0, 0.1) is 0 Å². The standard InChI is InChI=1S/C7H11BrN2O/c1-2-3-6-9-4-5(8)7(11)10-6/h11H,2-4H2,1H3,(H,9,10). The van der Waals surface area contributed by atoms with Crippen LogP contribution in [0.2, 0.25) is 0 Å². The quantitative estimate of drug-likeness (QED) is 0.744.